The molecular formula is C12H26N2O2. The van der Waals surface area contributed by atoms with Gasteiger partial charge in [0.25, 0.3) is 0 Å². The molecular weight excluding hydrogens is 204 g/mol. The molecule has 1 N–H and O–H groups in total. The Morgan fingerprint density at radius 3 is 2.81 bits per heavy atom. The normalized spacial score (nSPS) is 26.6. The van der Waals surface area contributed by atoms with Gasteiger partial charge in [-0.1, -0.05) is 0 Å². The standard InChI is InChI=1S/C12H26N2O2/c1-13-7-5-8-14(2)11(10-13)12(15)6-4-9-16-3/h11-12,15H,4-10H2,1-3H3. The molecule has 0 aliphatic carbocycles. The molecule has 2 atom stereocenters. The predicted octanol–water partition coefficient (Wildman–Crippen LogP) is 0.410. The SMILES string of the molecule is COCCCC(O)C1CN(C)CCCN1C. The van der Waals surface area contributed by atoms with Gasteiger partial charge in [0.2, 0.25) is 0 Å². The van der Waals surface area contributed by atoms with Crippen LogP contribution in [0.15, 0.2) is 0 Å². The van der Waals surface area contributed by atoms with Crippen molar-refractivity contribution in [2.45, 2.75) is 31.4 Å². The zero-order chi connectivity index (χ0) is 12.0. The number of nitrogens with zero attached hydrogens (tertiary/aromatic N) is 2. The predicted molar refractivity (Wildman–Crippen MR) is 65.6 cm³/mol. The smallest absolute Gasteiger partial charge is 0.0708 e. The summed E-state index contributed by atoms with van der Waals surface area (Å²) in [5, 5.41) is 10.2. The second-order valence-electron chi connectivity index (χ2n) is 4.87. The lowest BCUT2D eigenvalue weighted by Gasteiger charge is -2.31. The summed E-state index contributed by atoms with van der Waals surface area (Å²) in [6.07, 6.45) is 2.72. The number of methoxy groups -OCH3 is 1. The van der Waals surface area contributed by atoms with Gasteiger partial charge in [-0.2, -0.15) is 0 Å². The summed E-state index contributed by atoms with van der Waals surface area (Å²) >= 11 is 0. The van der Waals surface area contributed by atoms with E-state index in [0.29, 0.717) is 0 Å². The number of hydrogen-bond acceptors (Lipinski definition) is 4. The minimum absolute atomic E-state index is 0.235. The maximum atomic E-state index is 10.2. The van der Waals surface area contributed by atoms with Gasteiger partial charge in [-0.05, 0) is 46.4 Å². The third-order valence-electron chi connectivity index (χ3n) is 3.41. The van der Waals surface area contributed by atoms with Crippen molar-refractivity contribution in [3.05, 3.63) is 0 Å². The summed E-state index contributed by atoms with van der Waals surface area (Å²) in [7, 11) is 5.95. The summed E-state index contributed by atoms with van der Waals surface area (Å²) in [4.78, 5) is 4.61. The zero-order valence-electron chi connectivity index (χ0n) is 10.9. The number of aliphatic hydroxyl groups excluding tert-OH is 1. The van der Waals surface area contributed by atoms with Crippen molar-refractivity contribution >= 4 is 0 Å². The molecule has 0 spiro atoms. The monoisotopic (exact) mass is 230 g/mol. The molecule has 1 saturated heterocycles. The van der Waals surface area contributed by atoms with Gasteiger partial charge in [-0.3, -0.25) is 4.90 Å². The molecule has 16 heavy (non-hydrogen) atoms. The van der Waals surface area contributed by atoms with E-state index in [4.69, 9.17) is 4.74 Å². The Balaban J connectivity index is 2.40. The van der Waals surface area contributed by atoms with E-state index in [1.54, 1.807) is 7.11 Å². The van der Waals surface area contributed by atoms with E-state index in [1.165, 1.54) is 6.42 Å². The van der Waals surface area contributed by atoms with Gasteiger partial charge >= 0.3 is 0 Å². The van der Waals surface area contributed by atoms with Crippen molar-refractivity contribution in [3.8, 4) is 0 Å². The highest BCUT2D eigenvalue weighted by molar-refractivity contribution is 4.82. The maximum absolute atomic E-state index is 10.2. The summed E-state index contributed by atoms with van der Waals surface area (Å²) in [5.41, 5.74) is 0. The van der Waals surface area contributed by atoms with Crippen LogP contribution >= 0.6 is 0 Å². The van der Waals surface area contributed by atoms with E-state index in [-0.39, 0.29) is 12.1 Å². The van der Waals surface area contributed by atoms with E-state index >= 15 is 0 Å². The fourth-order valence-corrected chi connectivity index (χ4v) is 2.35. The lowest BCUT2D eigenvalue weighted by atomic mass is 10.0. The molecule has 1 heterocycles. The van der Waals surface area contributed by atoms with Crippen molar-refractivity contribution in [1.29, 1.82) is 0 Å². The molecule has 4 heteroatoms. The van der Waals surface area contributed by atoms with E-state index < -0.39 is 0 Å². The van der Waals surface area contributed by atoms with Gasteiger partial charge in [0.15, 0.2) is 0 Å². The van der Waals surface area contributed by atoms with Gasteiger partial charge in [-0.15, -0.1) is 0 Å². The highest BCUT2D eigenvalue weighted by Gasteiger charge is 2.26. The van der Waals surface area contributed by atoms with Crippen LogP contribution in [0, 0.1) is 0 Å². The Morgan fingerprint density at radius 1 is 1.38 bits per heavy atom. The van der Waals surface area contributed by atoms with Crippen LogP contribution in [0.4, 0.5) is 0 Å². The van der Waals surface area contributed by atoms with Crippen LogP contribution < -0.4 is 0 Å². The number of likely N-dealkylation sites (N-methyl/N-ethyl adjacent to an activating group) is 2. The third kappa shape index (κ3) is 4.37. The number of hydrogen-bond donors (Lipinski definition) is 1. The fraction of sp³-hybridized carbons (Fsp3) is 1.00. The molecule has 96 valence electrons. The van der Waals surface area contributed by atoms with E-state index in [1.807, 2.05) is 0 Å². The lowest BCUT2D eigenvalue weighted by Crippen LogP contribution is -2.46. The third-order valence-corrected chi connectivity index (χ3v) is 3.41. The largest absolute Gasteiger partial charge is 0.391 e. The Kier molecular flexibility index (Phi) is 6.28. The van der Waals surface area contributed by atoms with Crippen LogP contribution in [-0.4, -0.2) is 74.5 Å². The minimum atomic E-state index is -0.235. The molecule has 1 aliphatic rings. The topological polar surface area (TPSA) is 35.9 Å². The Hall–Kier alpha value is -0.160. The van der Waals surface area contributed by atoms with Crippen molar-refractivity contribution in [2.75, 3.05) is 47.4 Å². The molecule has 0 saturated carbocycles. The molecule has 2 unspecified atom stereocenters. The number of aliphatic hydroxyl groups is 1. The molecule has 1 fully saturated rings. The average molecular weight is 230 g/mol. The summed E-state index contributed by atoms with van der Waals surface area (Å²) < 4.78 is 5.02. The highest BCUT2D eigenvalue weighted by Crippen LogP contribution is 2.13. The van der Waals surface area contributed by atoms with Crippen molar-refractivity contribution in [1.82, 2.24) is 9.80 Å². The molecule has 1 aliphatic heterocycles. The number of ether oxygens (including phenoxy) is 1. The van der Waals surface area contributed by atoms with Crippen LogP contribution in [0.5, 0.6) is 0 Å². The molecule has 0 aromatic rings. The van der Waals surface area contributed by atoms with Crippen LogP contribution in [0.3, 0.4) is 0 Å². The summed E-state index contributed by atoms with van der Waals surface area (Å²) in [5.74, 6) is 0. The highest BCUT2D eigenvalue weighted by atomic mass is 16.5. The lowest BCUT2D eigenvalue weighted by molar-refractivity contribution is 0.0449. The number of rotatable bonds is 5. The summed E-state index contributed by atoms with van der Waals surface area (Å²) in [6.45, 7) is 3.91. The Bertz CT molecular complexity index is 190. The van der Waals surface area contributed by atoms with Gasteiger partial charge in [0.1, 0.15) is 0 Å². The fourth-order valence-electron chi connectivity index (χ4n) is 2.35. The zero-order valence-corrected chi connectivity index (χ0v) is 10.9. The minimum Gasteiger partial charge on any atom is -0.391 e. The molecule has 0 aromatic heterocycles. The van der Waals surface area contributed by atoms with Crippen molar-refractivity contribution in [2.24, 2.45) is 0 Å². The molecule has 0 bridgehead atoms. The first kappa shape index (κ1) is 13.9. The molecule has 0 amide bonds. The summed E-state index contributed by atoms with van der Waals surface area (Å²) in [6, 6.07) is 0.268. The molecule has 0 radical (unpaired) electrons. The van der Waals surface area contributed by atoms with Crippen LogP contribution in [0.1, 0.15) is 19.3 Å². The van der Waals surface area contributed by atoms with Crippen molar-refractivity contribution in [3.63, 3.8) is 0 Å². The van der Waals surface area contributed by atoms with E-state index in [0.717, 1.165) is 39.1 Å². The first-order valence-corrected chi connectivity index (χ1v) is 6.21. The van der Waals surface area contributed by atoms with E-state index in [2.05, 4.69) is 23.9 Å². The second-order valence-corrected chi connectivity index (χ2v) is 4.87. The van der Waals surface area contributed by atoms with Gasteiger partial charge in [-0.25, -0.2) is 0 Å². The first-order chi connectivity index (χ1) is 7.65. The van der Waals surface area contributed by atoms with Crippen LogP contribution in [-0.2, 0) is 4.74 Å². The van der Waals surface area contributed by atoms with Crippen LogP contribution in [0.25, 0.3) is 0 Å². The Labute approximate surface area is 99.2 Å². The van der Waals surface area contributed by atoms with Gasteiger partial charge < -0.3 is 14.7 Å². The van der Waals surface area contributed by atoms with Crippen molar-refractivity contribution < 1.29 is 9.84 Å². The second kappa shape index (κ2) is 7.22. The molecule has 1 rings (SSSR count). The quantitative estimate of drug-likeness (QED) is 0.694. The van der Waals surface area contributed by atoms with Gasteiger partial charge in [0, 0.05) is 26.3 Å². The van der Waals surface area contributed by atoms with Crippen LogP contribution in [0.2, 0.25) is 0 Å². The molecule has 4 nitrogen and oxygen atoms in total. The molecule has 0 aromatic carbocycles. The Morgan fingerprint density at radius 2 is 2.12 bits per heavy atom. The van der Waals surface area contributed by atoms with E-state index in [9.17, 15) is 5.11 Å². The average Bonchev–Trinajstić information content (AvgIpc) is 2.41. The van der Waals surface area contributed by atoms with Gasteiger partial charge in [0.05, 0.1) is 6.10 Å². The first-order valence-electron chi connectivity index (χ1n) is 6.21. The maximum Gasteiger partial charge on any atom is 0.0708 e.